The van der Waals surface area contributed by atoms with E-state index in [1.165, 1.54) is 18.4 Å². The number of aromatic nitrogens is 4. The Labute approximate surface area is 188 Å². The number of methoxy groups -OCH3 is 1. The molecule has 2 aliphatic rings. The van der Waals surface area contributed by atoms with Gasteiger partial charge in [-0.15, -0.1) is 0 Å². The van der Waals surface area contributed by atoms with Gasteiger partial charge in [-0.2, -0.15) is 10.2 Å². The van der Waals surface area contributed by atoms with E-state index in [1.54, 1.807) is 13.3 Å². The van der Waals surface area contributed by atoms with E-state index in [2.05, 4.69) is 32.5 Å². The number of nitrogens with zero attached hydrogens (tertiary/aromatic N) is 5. The second-order valence-corrected chi connectivity index (χ2v) is 8.76. The number of nitrogens with one attached hydrogen (secondary N) is 1. The van der Waals surface area contributed by atoms with Crippen molar-refractivity contribution < 1.29 is 9.53 Å². The summed E-state index contributed by atoms with van der Waals surface area (Å²) < 4.78 is 9.44. The molecule has 3 aromatic rings. The Hall–Kier alpha value is -3.13. The molecule has 2 aromatic heterocycles. The maximum Gasteiger partial charge on any atom is 0.272 e. The summed E-state index contributed by atoms with van der Waals surface area (Å²) >= 11 is 0. The van der Waals surface area contributed by atoms with E-state index in [1.807, 2.05) is 33.8 Å². The van der Waals surface area contributed by atoms with E-state index < -0.39 is 0 Å². The van der Waals surface area contributed by atoms with Gasteiger partial charge in [0.05, 0.1) is 25.9 Å². The number of rotatable bonds is 7. The summed E-state index contributed by atoms with van der Waals surface area (Å²) in [5.74, 6) is 0.836. The molecule has 8 heteroatoms. The molecular formula is C24H30N6O2. The molecule has 32 heavy (non-hydrogen) atoms. The molecule has 1 saturated carbocycles. The summed E-state index contributed by atoms with van der Waals surface area (Å²) in [7, 11) is 1.70. The fraction of sp³-hybridized carbons (Fsp3) is 0.458. The zero-order chi connectivity index (χ0) is 21.9. The van der Waals surface area contributed by atoms with Crippen LogP contribution in [-0.4, -0.2) is 50.1 Å². The lowest BCUT2D eigenvalue weighted by Gasteiger charge is -2.27. The van der Waals surface area contributed by atoms with Crippen LogP contribution in [0.1, 0.15) is 53.0 Å². The van der Waals surface area contributed by atoms with Gasteiger partial charge in [0.15, 0.2) is 5.69 Å². The van der Waals surface area contributed by atoms with Crippen molar-refractivity contribution in [1.29, 1.82) is 0 Å². The smallest absolute Gasteiger partial charge is 0.272 e. The van der Waals surface area contributed by atoms with E-state index in [0.29, 0.717) is 18.3 Å². The van der Waals surface area contributed by atoms with Gasteiger partial charge >= 0.3 is 0 Å². The molecule has 0 radical (unpaired) electrons. The number of amides is 1. The van der Waals surface area contributed by atoms with E-state index in [0.717, 1.165) is 56.0 Å². The lowest BCUT2D eigenvalue weighted by molar-refractivity contribution is 0.0931. The molecule has 1 aliphatic carbocycles. The monoisotopic (exact) mass is 434 g/mol. The molecule has 8 nitrogen and oxygen atoms in total. The lowest BCUT2D eigenvalue weighted by atomic mass is 10.1. The topological polar surface area (TPSA) is 77.2 Å². The average Bonchev–Trinajstić information content (AvgIpc) is 3.56. The first-order valence-corrected chi connectivity index (χ1v) is 11.4. The summed E-state index contributed by atoms with van der Waals surface area (Å²) in [6, 6.07) is 10.5. The summed E-state index contributed by atoms with van der Waals surface area (Å²) in [6.45, 7) is 3.99. The molecule has 1 fully saturated rings. The van der Waals surface area contributed by atoms with Gasteiger partial charge in [-0.1, -0.05) is 18.9 Å². The Morgan fingerprint density at radius 1 is 1.19 bits per heavy atom. The second kappa shape index (κ2) is 9.16. The standard InChI is InChI=1S/C24H30N6O2/c1-32-23-8-7-18(13-19(23)16-29-10-4-9-25-29)15-28-11-12-30-21(17-28)14-22(27-30)24(31)26-20-5-2-3-6-20/h4,7-10,13-14,20H,2-3,5-6,11-12,15-17H2,1H3,(H,26,31). The summed E-state index contributed by atoms with van der Waals surface area (Å²) in [5, 5.41) is 12.0. The van der Waals surface area contributed by atoms with Gasteiger partial charge in [-0.3, -0.25) is 19.1 Å². The Morgan fingerprint density at radius 3 is 2.84 bits per heavy atom. The molecule has 0 spiro atoms. The average molecular weight is 435 g/mol. The number of ether oxygens (including phenoxy) is 1. The number of benzene rings is 1. The van der Waals surface area contributed by atoms with Gasteiger partial charge in [0.25, 0.3) is 5.91 Å². The molecule has 1 amide bonds. The Bertz CT molecular complexity index is 1070. The van der Waals surface area contributed by atoms with Crippen LogP contribution in [0.4, 0.5) is 0 Å². The van der Waals surface area contributed by atoms with E-state index in [9.17, 15) is 4.79 Å². The third kappa shape index (κ3) is 4.55. The quantitative estimate of drug-likeness (QED) is 0.619. The third-order valence-electron chi connectivity index (χ3n) is 6.44. The van der Waals surface area contributed by atoms with Crippen molar-refractivity contribution in [2.75, 3.05) is 13.7 Å². The minimum absolute atomic E-state index is 0.0382. The van der Waals surface area contributed by atoms with Crippen LogP contribution in [0.3, 0.4) is 0 Å². The first-order chi connectivity index (χ1) is 15.7. The molecule has 0 bridgehead atoms. The minimum Gasteiger partial charge on any atom is -0.496 e. The minimum atomic E-state index is -0.0382. The molecule has 3 heterocycles. The van der Waals surface area contributed by atoms with Crippen molar-refractivity contribution in [3.05, 3.63) is 65.2 Å². The molecular weight excluding hydrogens is 404 g/mol. The summed E-state index contributed by atoms with van der Waals surface area (Å²) in [4.78, 5) is 15.0. The van der Waals surface area contributed by atoms with Crippen LogP contribution < -0.4 is 10.1 Å². The fourth-order valence-electron chi connectivity index (χ4n) is 4.78. The predicted octanol–water partition coefficient (Wildman–Crippen LogP) is 2.82. The molecule has 168 valence electrons. The highest BCUT2D eigenvalue weighted by Gasteiger charge is 2.23. The van der Waals surface area contributed by atoms with Crippen LogP contribution in [0.15, 0.2) is 42.7 Å². The van der Waals surface area contributed by atoms with E-state index >= 15 is 0 Å². The molecule has 0 saturated heterocycles. The first kappa shape index (κ1) is 20.8. The van der Waals surface area contributed by atoms with Gasteiger partial charge in [0, 0.05) is 43.6 Å². The van der Waals surface area contributed by atoms with Crippen molar-refractivity contribution in [2.45, 2.75) is 57.9 Å². The van der Waals surface area contributed by atoms with Crippen LogP contribution in [0.2, 0.25) is 0 Å². The molecule has 0 atom stereocenters. The number of hydrogen-bond donors (Lipinski definition) is 1. The van der Waals surface area contributed by atoms with Crippen molar-refractivity contribution in [3.63, 3.8) is 0 Å². The Morgan fingerprint density at radius 2 is 2.06 bits per heavy atom. The molecule has 1 N–H and O–H groups in total. The first-order valence-electron chi connectivity index (χ1n) is 11.4. The number of carbonyl (C=O) groups is 1. The highest BCUT2D eigenvalue weighted by molar-refractivity contribution is 5.92. The van der Waals surface area contributed by atoms with Gasteiger partial charge in [0.1, 0.15) is 5.75 Å². The molecule has 0 unspecified atom stereocenters. The van der Waals surface area contributed by atoms with Crippen molar-refractivity contribution >= 4 is 5.91 Å². The van der Waals surface area contributed by atoms with Crippen molar-refractivity contribution in [2.24, 2.45) is 0 Å². The van der Waals surface area contributed by atoms with Crippen molar-refractivity contribution in [3.8, 4) is 5.75 Å². The van der Waals surface area contributed by atoms with Gasteiger partial charge in [-0.05, 0) is 42.7 Å². The fourth-order valence-corrected chi connectivity index (χ4v) is 4.78. The van der Waals surface area contributed by atoms with Gasteiger partial charge in [0.2, 0.25) is 0 Å². The van der Waals surface area contributed by atoms with E-state index in [4.69, 9.17) is 4.74 Å². The number of carbonyl (C=O) groups excluding carboxylic acids is 1. The highest BCUT2D eigenvalue weighted by Crippen LogP contribution is 2.24. The van der Waals surface area contributed by atoms with Crippen LogP contribution in [0, 0.1) is 0 Å². The highest BCUT2D eigenvalue weighted by atomic mass is 16.5. The maximum atomic E-state index is 12.6. The summed E-state index contributed by atoms with van der Waals surface area (Å²) in [6.07, 6.45) is 8.31. The van der Waals surface area contributed by atoms with Crippen molar-refractivity contribution in [1.82, 2.24) is 29.8 Å². The zero-order valence-corrected chi connectivity index (χ0v) is 18.5. The van der Waals surface area contributed by atoms with Crippen LogP contribution in [0.25, 0.3) is 0 Å². The van der Waals surface area contributed by atoms with Gasteiger partial charge in [-0.25, -0.2) is 0 Å². The van der Waals surface area contributed by atoms with Gasteiger partial charge < -0.3 is 10.1 Å². The van der Waals surface area contributed by atoms with Crippen LogP contribution >= 0.6 is 0 Å². The SMILES string of the molecule is COc1ccc(CN2CCn3nc(C(=O)NC4CCCC4)cc3C2)cc1Cn1cccn1. The largest absolute Gasteiger partial charge is 0.496 e. The lowest BCUT2D eigenvalue weighted by Crippen LogP contribution is -2.34. The van der Waals surface area contributed by atoms with Crippen LogP contribution in [-0.2, 0) is 26.2 Å². The second-order valence-electron chi connectivity index (χ2n) is 8.76. The third-order valence-corrected chi connectivity index (χ3v) is 6.44. The Kier molecular flexibility index (Phi) is 5.94. The maximum absolute atomic E-state index is 12.6. The number of hydrogen-bond acceptors (Lipinski definition) is 5. The van der Waals surface area contributed by atoms with E-state index in [-0.39, 0.29) is 5.91 Å². The Balaban J connectivity index is 1.25. The van der Waals surface area contributed by atoms with Crippen LogP contribution in [0.5, 0.6) is 5.75 Å². The zero-order valence-electron chi connectivity index (χ0n) is 18.5. The molecule has 1 aliphatic heterocycles. The number of fused-ring (bicyclic) bond motifs is 1. The molecule has 1 aromatic carbocycles. The predicted molar refractivity (Wildman–Crippen MR) is 120 cm³/mol. The summed E-state index contributed by atoms with van der Waals surface area (Å²) in [5.41, 5.74) is 3.99. The molecule has 5 rings (SSSR count). The normalized spacial score (nSPS) is 16.8.